The molecule has 2 aromatic carbocycles. The Bertz CT molecular complexity index is 713. The zero-order valence-corrected chi connectivity index (χ0v) is 11.7. The second kappa shape index (κ2) is 5.01. The van der Waals surface area contributed by atoms with Crippen LogP contribution >= 0.6 is 0 Å². The Labute approximate surface area is 122 Å². The number of hydrogen-bond donors (Lipinski definition) is 2. The highest BCUT2D eigenvalue weighted by Gasteiger charge is 2.27. The Morgan fingerprint density at radius 1 is 1.29 bits per heavy atom. The second-order valence-corrected chi connectivity index (χ2v) is 4.98. The fourth-order valence-electron chi connectivity index (χ4n) is 2.57. The van der Waals surface area contributed by atoms with Crippen LogP contribution in [0.25, 0.3) is 0 Å². The average Bonchev–Trinajstić information content (AvgIpc) is 2.90. The molecule has 1 aliphatic heterocycles. The molecule has 3 N–H and O–H groups in total. The van der Waals surface area contributed by atoms with Gasteiger partial charge in [0, 0.05) is 17.9 Å². The molecule has 0 saturated carbocycles. The smallest absolute Gasteiger partial charge is 0.262 e. The highest BCUT2D eigenvalue weighted by Crippen LogP contribution is 2.33. The fourth-order valence-corrected chi connectivity index (χ4v) is 2.57. The minimum absolute atomic E-state index is 0.0573. The summed E-state index contributed by atoms with van der Waals surface area (Å²) in [5.74, 6) is 0.219. The molecule has 0 bridgehead atoms. The first-order chi connectivity index (χ1) is 10.1. The number of hydrogen-bond acceptors (Lipinski definition) is 4. The molecule has 1 heterocycles. The third kappa shape index (κ3) is 2.27. The lowest BCUT2D eigenvalue weighted by molar-refractivity contribution is 0.0986. The van der Waals surface area contributed by atoms with Crippen LogP contribution in [-0.2, 0) is 6.42 Å². The number of rotatable bonds is 2. The Balaban J connectivity index is 2.00. The van der Waals surface area contributed by atoms with Gasteiger partial charge >= 0.3 is 0 Å². The number of nitrogens with zero attached hydrogens (tertiary/aromatic N) is 1. The summed E-state index contributed by atoms with van der Waals surface area (Å²) in [4.78, 5) is 14.3. The SMILES string of the molecule is COc1ccc(O)c(C(=O)N2CCc3ccc(N)cc32)c1. The summed E-state index contributed by atoms with van der Waals surface area (Å²) in [6.07, 6.45) is 0.784. The minimum atomic E-state index is -0.254. The molecule has 3 rings (SSSR count). The molecule has 0 saturated heterocycles. The predicted octanol–water partition coefficient (Wildman–Crippen LogP) is 2.19. The van der Waals surface area contributed by atoms with Gasteiger partial charge in [-0.2, -0.15) is 0 Å². The van der Waals surface area contributed by atoms with E-state index in [1.54, 1.807) is 23.1 Å². The van der Waals surface area contributed by atoms with Crippen molar-refractivity contribution in [1.82, 2.24) is 0 Å². The van der Waals surface area contributed by atoms with Crippen LogP contribution < -0.4 is 15.4 Å². The topological polar surface area (TPSA) is 75.8 Å². The molecule has 0 atom stereocenters. The van der Waals surface area contributed by atoms with Crippen molar-refractivity contribution >= 4 is 17.3 Å². The van der Waals surface area contributed by atoms with Crippen molar-refractivity contribution in [2.24, 2.45) is 0 Å². The number of phenols is 1. The Morgan fingerprint density at radius 2 is 2.10 bits per heavy atom. The number of anilines is 2. The second-order valence-electron chi connectivity index (χ2n) is 4.98. The highest BCUT2D eigenvalue weighted by molar-refractivity contribution is 6.09. The summed E-state index contributed by atoms with van der Waals surface area (Å²) >= 11 is 0. The normalized spacial score (nSPS) is 13.1. The molecule has 2 aromatic rings. The summed E-state index contributed by atoms with van der Waals surface area (Å²) in [7, 11) is 1.52. The largest absolute Gasteiger partial charge is 0.507 e. The van der Waals surface area contributed by atoms with E-state index >= 15 is 0 Å². The van der Waals surface area contributed by atoms with Crippen molar-refractivity contribution in [2.45, 2.75) is 6.42 Å². The van der Waals surface area contributed by atoms with Gasteiger partial charge in [0.2, 0.25) is 0 Å². The third-order valence-electron chi connectivity index (χ3n) is 3.68. The van der Waals surface area contributed by atoms with E-state index in [1.807, 2.05) is 12.1 Å². The van der Waals surface area contributed by atoms with Gasteiger partial charge in [-0.1, -0.05) is 6.07 Å². The Hall–Kier alpha value is -2.69. The van der Waals surface area contributed by atoms with E-state index in [-0.39, 0.29) is 17.2 Å². The molecular formula is C16H16N2O3. The van der Waals surface area contributed by atoms with Gasteiger partial charge in [0.1, 0.15) is 11.5 Å². The van der Waals surface area contributed by atoms with E-state index in [9.17, 15) is 9.90 Å². The Morgan fingerprint density at radius 3 is 2.86 bits per heavy atom. The van der Waals surface area contributed by atoms with Crippen molar-refractivity contribution in [3.63, 3.8) is 0 Å². The molecule has 21 heavy (non-hydrogen) atoms. The lowest BCUT2D eigenvalue weighted by atomic mass is 10.1. The van der Waals surface area contributed by atoms with Crippen molar-refractivity contribution in [3.05, 3.63) is 47.5 Å². The van der Waals surface area contributed by atoms with E-state index in [0.717, 1.165) is 17.7 Å². The maximum Gasteiger partial charge on any atom is 0.262 e. The molecule has 1 amide bonds. The first-order valence-electron chi connectivity index (χ1n) is 6.67. The number of phenolic OH excluding ortho intramolecular Hbond substituents is 1. The number of benzene rings is 2. The summed E-state index contributed by atoms with van der Waals surface area (Å²) in [5, 5.41) is 9.94. The average molecular weight is 284 g/mol. The van der Waals surface area contributed by atoms with Gasteiger partial charge in [0.25, 0.3) is 5.91 Å². The maximum absolute atomic E-state index is 12.7. The summed E-state index contributed by atoms with van der Waals surface area (Å²) in [6, 6.07) is 10.2. The number of methoxy groups -OCH3 is 1. The standard InChI is InChI=1S/C16H16N2O3/c1-21-12-4-5-15(19)13(9-12)16(20)18-7-6-10-2-3-11(17)8-14(10)18/h2-5,8-9,19H,6-7,17H2,1H3. The van der Waals surface area contributed by atoms with Crippen LogP contribution in [0.15, 0.2) is 36.4 Å². The summed E-state index contributed by atoms with van der Waals surface area (Å²) < 4.78 is 5.11. The van der Waals surface area contributed by atoms with Crippen molar-refractivity contribution in [3.8, 4) is 11.5 Å². The lowest BCUT2D eigenvalue weighted by Crippen LogP contribution is -2.29. The molecule has 0 aliphatic carbocycles. The van der Waals surface area contributed by atoms with E-state index in [2.05, 4.69) is 0 Å². The van der Waals surface area contributed by atoms with Gasteiger partial charge in [0.05, 0.1) is 12.7 Å². The number of carbonyl (C=O) groups is 1. The molecule has 0 spiro atoms. The highest BCUT2D eigenvalue weighted by atomic mass is 16.5. The van der Waals surface area contributed by atoms with Crippen LogP contribution in [0.3, 0.4) is 0 Å². The van der Waals surface area contributed by atoms with Gasteiger partial charge in [-0.05, 0) is 42.3 Å². The Kier molecular flexibility index (Phi) is 3.17. The van der Waals surface area contributed by atoms with E-state index < -0.39 is 0 Å². The maximum atomic E-state index is 12.7. The molecule has 108 valence electrons. The molecule has 0 radical (unpaired) electrons. The van der Waals surface area contributed by atoms with Gasteiger partial charge in [-0.25, -0.2) is 0 Å². The molecule has 5 nitrogen and oxygen atoms in total. The van der Waals surface area contributed by atoms with Crippen LogP contribution in [-0.4, -0.2) is 24.7 Å². The zero-order chi connectivity index (χ0) is 15.0. The fraction of sp³-hybridized carbons (Fsp3) is 0.188. The molecule has 0 unspecified atom stereocenters. The third-order valence-corrected chi connectivity index (χ3v) is 3.68. The molecular weight excluding hydrogens is 268 g/mol. The molecule has 0 fully saturated rings. The van der Waals surface area contributed by atoms with Crippen LogP contribution in [0.1, 0.15) is 15.9 Å². The van der Waals surface area contributed by atoms with Crippen LogP contribution in [0.2, 0.25) is 0 Å². The molecule has 5 heteroatoms. The van der Waals surface area contributed by atoms with Crippen molar-refractivity contribution < 1.29 is 14.6 Å². The number of nitrogen functional groups attached to an aromatic ring is 1. The zero-order valence-electron chi connectivity index (χ0n) is 11.7. The van der Waals surface area contributed by atoms with E-state index in [1.165, 1.54) is 13.2 Å². The van der Waals surface area contributed by atoms with Crippen LogP contribution in [0.5, 0.6) is 11.5 Å². The quantitative estimate of drug-likeness (QED) is 0.829. The summed E-state index contributed by atoms with van der Waals surface area (Å²) in [6.45, 7) is 0.578. The number of fused-ring (bicyclic) bond motifs is 1. The minimum Gasteiger partial charge on any atom is -0.507 e. The van der Waals surface area contributed by atoms with E-state index in [4.69, 9.17) is 10.5 Å². The van der Waals surface area contributed by atoms with E-state index in [0.29, 0.717) is 18.0 Å². The van der Waals surface area contributed by atoms with Crippen molar-refractivity contribution in [1.29, 1.82) is 0 Å². The number of aromatic hydroxyl groups is 1. The monoisotopic (exact) mass is 284 g/mol. The summed E-state index contributed by atoms with van der Waals surface area (Å²) in [5.41, 5.74) is 8.53. The van der Waals surface area contributed by atoms with Gasteiger partial charge in [-0.15, -0.1) is 0 Å². The van der Waals surface area contributed by atoms with Gasteiger partial charge < -0.3 is 20.5 Å². The van der Waals surface area contributed by atoms with Crippen LogP contribution in [0.4, 0.5) is 11.4 Å². The first-order valence-corrected chi connectivity index (χ1v) is 6.67. The molecule has 1 aliphatic rings. The van der Waals surface area contributed by atoms with Crippen molar-refractivity contribution in [2.75, 3.05) is 24.3 Å². The lowest BCUT2D eigenvalue weighted by Gasteiger charge is -2.18. The van der Waals surface area contributed by atoms with Gasteiger partial charge in [-0.3, -0.25) is 4.79 Å². The number of amides is 1. The van der Waals surface area contributed by atoms with Gasteiger partial charge in [0.15, 0.2) is 0 Å². The number of ether oxygens (including phenoxy) is 1. The number of nitrogens with two attached hydrogens (primary N) is 1. The van der Waals surface area contributed by atoms with Crippen LogP contribution in [0, 0.1) is 0 Å². The predicted molar refractivity (Wildman–Crippen MR) is 80.9 cm³/mol. The first kappa shape index (κ1) is 13.3. The number of carbonyl (C=O) groups excluding carboxylic acids is 1. The molecule has 0 aromatic heterocycles.